The highest BCUT2D eigenvalue weighted by atomic mass is 16.1. The summed E-state index contributed by atoms with van der Waals surface area (Å²) in [7, 11) is 0. The van der Waals surface area contributed by atoms with E-state index >= 15 is 0 Å². The van der Waals surface area contributed by atoms with Gasteiger partial charge in [-0.1, -0.05) is 37.7 Å². The standard InChI is InChI=1S/C12H21N3O/c1-2-8-12(9-10-16,14-15-13)11-6-4-3-5-7-11/h10-11H,2-9H2,1H3. The molecule has 0 aliphatic heterocycles. The Bertz CT molecular complexity index is 267. The van der Waals surface area contributed by atoms with Crippen molar-refractivity contribution in [1.82, 2.24) is 0 Å². The molecule has 0 spiro atoms. The van der Waals surface area contributed by atoms with Gasteiger partial charge in [0.1, 0.15) is 6.29 Å². The molecule has 4 nitrogen and oxygen atoms in total. The van der Waals surface area contributed by atoms with Gasteiger partial charge >= 0.3 is 0 Å². The molecule has 0 radical (unpaired) electrons. The predicted octanol–water partition coefficient (Wildman–Crippen LogP) is 4.00. The van der Waals surface area contributed by atoms with Crippen molar-refractivity contribution in [3.8, 4) is 0 Å². The van der Waals surface area contributed by atoms with E-state index in [1.165, 1.54) is 19.3 Å². The highest BCUT2D eigenvalue weighted by Gasteiger charge is 2.37. The lowest BCUT2D eigenvalue weighted by molar-refractivity contribution is -0.109. The molecule has 0 bridgehead atoms. The van der Waals surface area contributed by atoms with Crippen LogP contribution in [0.5, 0.6) is 0 Å². The van der Waals surface area contributed by atoms with Crippen molar-refractivity contribution in [3.05, 3.63) is 10.4 Å². The Hall–Kier alpha value is -1.02. The number of aldehydes is 1. The first-order valence-electron chi connectivity index (χ1n) is 6.29. The minimum atomic E-state index is -0.439. The lowest BCUT2D eigenvalue weighted by Crippen LogP contribution is -2.37. The number of nitrogens with zero attached hydrogens (tertiary/aromatic N) is 3. The fourth-order valence-electron chi connectivity index (χ4n) is 2.95. The van der Waals surface area contributed by atoms with Crippen molar-refractivity contribution >= 4 is 6.29 Å². The lowest BCUT2D eigenvalue weighted by atomic mass is 9.71. The average Bonchev–Trinajstić information content (AvgIpc) is 2.31. The van der Waals surface area contributed by atoms with Crippen LogP contribution in [0.25, 0.3) is 10.4 Å². The highest BCUT2D eigenvalue weighted by Crippen LogP contribution is 2.40. The summed E-state index contributed by atoms with van der Waals surface area (Å²) in [6.07, 6.45) is 8.99. The fourth-order valence-corrected chi connectivity index (χ4v) is 2.95. The predicted molar refractivity (Wildman–Crippen MR) is 64.0 cm³/mol. The van der Waals surface area contributed by atoms with E-state index < -0.39 is 5.54 Å². The second kappa shape index (κ2) is 6.54. The van der Waals surface area contributed by atoms with Gasteiger partial charge in [-0.05, 0) is 30.7 Å². The zero-order valence-electron chi connectivity index (χ0n) is 10.1. The Morgan fingerprint density at radius 3 is 2.62 bits per heavy atom. The number of rotatable bonds is 6. The molecule has 1 aliphatic carbocycles. The molecular formula is C12H21N3O. The maximum Gasteiger partial charge on any atom is 0.120 e. The van der Waals surface area contributed by atoms with Crippen LogP contribution < -0.4 is 0 Å². The summed E-state index contributed by atoms with van der Waals surface area (Å²) in [5.41, 5.74) is 8.29. The van der Waals surface area contributed by atoms with E-state index in [9.17, 15) is 4.79 Å². The molecule has 4 heteroatoms. The third kappa shape index (κ3) is 2.99. The van der Waals surface area contributed by atoms with Crippen LogP contribution in [-0.2, 0) is 4.79 Å². The van der Waals surface area contributed by atoms with Gasteiger partial charge < -0.3 is 4.79 Å². The van der Waals surface area contributed by atoms with Crippen molar-refractivity contribution in [3.63, 3.8) is 0 Å². The van der Waals surface area contributed by atoms with E-state index in [2.05, 4.69) is 16.9 Å². The fraction of sp³-hybridized carbons (Fsp3) is 0.917. The zero-order chi connectivity index (χ0) is 11.9. The third-order valence-electron chi connectivity index (χ3n) is 3.73. The first-order chi connectivity index (χ1) is 7.79. The van der Waals surface area contributed by atoms with Gasteiger partial charge in [-0.25, -0.2) is 0 Å². The largest absolute Gasteiger partial charge is 0.303 e. The van der Waals surface area contributed by atoms with Crippen molar-refractivity contribution in [2.24, 2.45) is 11.0 Å². The zero-order valence-corrected chi connectivity index (χ0v) is 10.1. The maximum absolute atomic E-state index is 10.8. The molecule has 16 heavy (non-hydrogen) atoms. The Morgan fingerprint density at radius 2 is 2.12 bits per heavy atom. The van der Waals surface area contributed by atoms with Crippen LogP contribution in [0.4, 0.5) is 0 Å². The number of hydrogen-bond acceptors (Lipinski definition) is 2. The minimum absolute atomic E-state index is 0.384. The molecule has 0 heterocycles. The summed E-state index contributed by atoms with van der Waals surface area (Å²) >= 11 is 0. The summed E-state index contributed by atoms with van der Waals surface area (Å²) in [6.45, 7) is 2.08. The quantitative estimate of drug-likeness (QED) is 0.290. The topological polar surface area (TPSA) is 65.8 Å². The van der Waals surface area contributed by atoms with E-state index in [0.717, 1.165) is 32.0 Å². The Kier molecular flexibility index (Phi) is 5.33. The van der Waals surface area contributed by atoms with Gasteiger partial charge in [0.25, 0.3) is 0 Å². The van der Waals surface area contributed by atoms with Gasteiger partial charge in [0.2, 0.25) is 0 Å². The molecule has 1 rings (SSSR count). The van der Waals surface area contributed by atoms with E-state index in [4.69, 9.17) is 5.53 Å². The van der Waals surface area contributed by atoms with Crippen LogP contribution in [0.1, 0.15) is 58.3 Å². The Morgan fingerprint density at radius 1 is 1.44 bits per heavy atom. The van der Waals surface area contributed by atoms with Gasteiger partial charge in [-0.3, -0.25) is 0 Å². The molecule has 1 saturated carbocycles. The Balaban J connectivity index is 2.87. The number of hydrogen-bond donors (Lipinski definition) is 0. The number of carbonyl (C=O) groups excluding carboxylic acids is 1. The van der Waals surface area contributed by atoms with E-state index in [1.807, 2.05) is 0 Å². The van der Waals surface area contributed by atoms with Gasteiger partial charge in [0.05, 0.1) is 5.54 Å². The molecule has 0 aromatic rings. The van der Waals surface area contributed by atoms with Crippen LogP contribution in [0, 0.1) is 5.92 Å². The summed E-state index contributed by atoms with van der Waals surface area (Å²) in [6, 6.07) is 0. The summed E-state index contributed by atoms with van der Waals surface area (Å²) in [5, 5.41) is 4.01. The molecule has 0 aromatic carbocycles. The van der Waals surface area contributed by atoms with Crippen LogP contribution in [-0.4, -0.2) is 11.8 Å². The monoisotopic (exact) mass is 223 g/mol. The number of azide groups is 1. The number of carbonyl (C=O) groups is 1. The molecule has 0 aromatic heterocycles. The van der Waals surface area contributed by atoms with E-state index in [-0.39, 0.29) is 0 Å². The van der Waals surface area contributed by atoms with Crippen LogP contribution in [0.15, 0.2) is 5.11 Å². The molecule has 1 aliphatic rings. The lowest BCUT2D eigenvalue weighted by Gasteiger charge is -2.38. The second-order valence-electron chi connectivity index (χ2n) is 4.75. The molecule has 1 atom stereocenters. The van der Waals surface area contributed by atoms with Gasteiger partial charge in [0.15, 0.2) is 0 Å². The molecule has 90 valence electrons. The van der Waals surface area contributed by atoms with Crippen molar-refractivity contribution in [1.29, 1.82) is 0 Å². The first-order valence-corrected chi connectivity index (χ1v) is 6.29. The molecule has 0 N–H and O–H groups in total. The van der Waals surface area contributed by atoms with Gasteiger partial charge in [-0.2, -0.15) is 0 Å². The van der Waals surface area contributed by atoms with E-state index in [1.54, 1.807) is 0 Å². The minimum Gasteiger partial charge on any atom is -0.303 e. The second-order valence-corrected chi connectivity index (χ2v) is 4.75. The van der Waals surface area contributed by atoms with Gasteiger partial charge in [-0.15, -0.1) is 0 Å². The van der Waals surface area contributed by atoms with Crippen molar-refractivity contribution < 1.29 is 4.79 Å². The van der Waals surface area contributed by atoms with Crippen molar-refractivity contribution in [2.45, 2.75) is 63.8 Å². The molecule has 1 unspecified atom stereocenters. The SMILES string of the molecule is CCCC(CC=O)(N=[N+]=[N-])C1CCCCC1. The summed E-state index contributed by atoms with van der Waals surface area (Å²) in [5.74, 6) is 0.405. The van der Waals surface area contributed by atoms with E-state index in [0.29, 0.717) is 12.3 Å². The van der Waals surface area contributed by atoms with Crippen LogP contribution in [0.3, 0.4) is 0 Å². The molecule has 0 amide bonds. The van der Waals surface area contributed by atoms with Crippen LogP contribution >= 0.6 is 0 Å². The molecular weight excluding hydrogens is 202 g/mol. The van der Waals surface area contributed by atoms with Gasteiger partial charge in [0, 0.05) is 11.3 Å². The first kappa shape index (κ1) is 13.0. The normalized spacial score (nSPS) is 20.8. The molecule has 0 saturated heterocycles. The third-order valence-corrected chi connectivity index (χ3v) is 3.73. The van der Waals surface area contributed by atoms with Crippen molar-refractivity contribution in [2.75, 3.05) is 0 Å². The smallest absolute Gasteiger partial charge is 0.120 e. The van der Waals surface area contributed by atoms with Crippen LogP contribution in [0.2, 0.25) is 0 Å². The highest BCUT2D eigenvalue weighted by molar-refractivity contribution is 5.52. The Labute approximate surface area is 97.0 Å². The maximum atomic E-state index is 10.8. The summed E-state index contributed by atoms with van der Waals surface area (Å²) < 4.78 is 0. The average molecular weight is 223 g/mol. The molecule has 1 fully saturated rings. The summed E-state index contributed by atoms with van der Waals surface area (Å²) in [4.78, 5) is 13.8.